The van der Waals surface area contributed by atoms with Crippen molar-refractivity contribution in [3.05, 3.63) is 83.9 Å². The Balaban J connectivity index is 2.04. The molecule has 2 N–H and O–H groups in total. The first-order chi connectivity index (χ1) is 12.8. The van der Waals surface area contributed by atoms with Gasteiger partial charge in [0.2, 0.25) is 0 Å². The van der Waals surface area contributed by atoms with Crippen LogP contribution in [0.2, 0.25) is 0 Å². The number of carbonyl (C=O) groups excluding carboxylic acids is 1. The van der Waals surface area contributed by atoms with Gasteiger partial charge >= 0.3 is 6.09 Å². The first kappa shape index (κ1) is 20.7. The number of hydrogen-bond donors (Lipinski definition) is 2. The number of rotatable bonds is 7. The van der Waals surface area contributed by atoms with E-state index in [0.29, 0.717) is 6.42 Å². The standard InChI is InChI=1S/C23H29NO3/c1-23(2,3)27-22(26)24-20(17-19-13-8-5-9-14-19)21(25)16-10-15-18-11-6-4-7-12-18/h4-14,16,20-21,25H,15,17H2,1-3H3,(H,24,26)/b16-10+/t20-,21+/m0/s1. The van der Waals surface area contributed by atoms with Crippen molar-refractivity contribution in [1.82, 2.24) is 5.32 Å². The monoisotopic (exact) mass is 367 g/mol. The minimum absolute atomic E-state index is 0.478. The molecule has 2 rings (SSSR count). The Morgan fingerprint density at radius 1 is 1.04 bits per heavy atom. The summed E-state index contributed by atoms with van der Waals surface area (Å²) in [5.74, 6) is 0. The van der Waals surface area contributed by atoms with E-state index in [4.69, 9.17) is 4.74 Å². The smallest absolute Gasteiger partial charge is 0.407 e. The highest BCUT2D eigenvalue weighted by molar-refractivity contribution is 5.68. The molecule has 0 fully saturated rings. The molecule has 2 aromatic carbocycles. The van der Waals surface area contributed by atoms with Crippen molar-refractivity contribution in [2.24, 2.45) is 0 Å². The second-order valence-electron chi connectivity index (χ2n) is 7.55. The van der Waals surface area contributed by atoms with Gasteiger partial charge in [0.15, 0.2) is 0 Å². The molecule has 0 saturated heterocycles. The van der Waals surface area contributed by atoms with Crippen molar-refractivity contribution in [1.29, 1.82) is 0 Å². The van der Waals surface area contributed by atoms with Gasteiger partial charge < -0.3 is 15.2 Å². The molecule has 4 nitrogen and oxygen atoms in total. The molecule has 0 aliphatic heterocycles. The SMILES string of the molecule is CC(C)(C)OC(=O)N[C@@H](Cc1ccccc1)[C@H](O)/C=C/Cc1ccccc1. The zero-order valence-electron chi connectivity index (χ0n) is 16.3. The van der Waals surface area contributed by atoms with Crippen LogP contribution in [0.1, 0.15) is 31.9 Å². The summed E-state index contributed by atoms with van der Waals surface area (Å²) in [6, 6.07) is 19.3. The lowest BCUT2D eigenvalue weighted by atomic mass is 10.0. The normalized spacial score (nSPS) is 13.9. The summed E-state index contributed by atoms with van der Waals surface area (Å²) >= 11 is 0. The Kier molecular flexibility index (Phi) is 7.62. The Hall–Kier alpha value is -2.59. The second kappa shape index (κ2) is 9.93. The fourth-order valence-electron chi connectivity index (χ4n) is 2.68. The van der Waals surface area contributed by atoms with Crippen molar-refractivity contribution in [3.8, 4) is 0 Å². The first-order valence-corrected chi connectivity index (χ1v) is 9.25. The molecule has 0 bridgehead atoms. The summed E-state index contributed by atoms with van der Waals surface area (Å²) in [5.41, 5.74) is 1.62. The van der Waals surface area contributed by atoms with Gasteiger partial charge in [-0.05, 0) is 44.7 Å². The zero-order valence-corrected chi connectivity index (χ0v) is 16.3. The van der Waals surface area contributed by atoms with Crippen molar-refractivity contribution in [2.45, 2.75) is 51.4 Å². The number of hydrogen-bond acceptors (Lipinski definition) is 3. The quantitative estimate of drug-likeness (QED) is 0.718. The van der Waals surface area contributed by atoms with Crippen molar-refractivity contribution < 1.29 is 14.6 Å². The summed E-state index contributed by atoms with van der Waals surface area (Å²) in [6.07, 6.45) is 3.55. The summed E-state index contributed by atoms with van der Waals surface area (Å²) in [5, 5.41) is 13.4. The fourth-order valence-corrected chi connectivity index (χ4v) is 2.68. The zero-order chi connectivity index (χ0) is 19.7. The molecule has 0 spiro atoms. The molecule has 0 aromatic heterocycles. The molecule has 0 saturated carbocycles. The van der Waals surface area contributed by atoms with Crippen LogP contribution in [0.25, 0.3) is 0 Å². The average molecular weight is 367 g/mol. The van der Waals surface area contributed by atoms with Crippen LogP contribution >= 0.6 is 0 Å². The third kappa shape index (κ3) is 8.09. The van der Waals surface area contributed by atoms with Crippen LogP contribution in [-0.4, -0.2) is 28.9 Å². The number of amides is 1. The van der Waals surface area contributed by atoms with Gasteiger partial charge in [0, 0.05) is 0 Å². The van der Waals surface area contributed by atoms with E-state index in [0.717, 1.165) is 12.0 Å². The Morgan fingerprint density at radius 2 is 1.59 bits per heavy atom. The molecule has 0 aliphatic carbocycles. The molecule has 1 amide bonds. The fraction of sp³-hybridized carbons (Fsp3) is 0.348. The van der Waals surface area contributed by atoms with Gasteiger partial charge in [-0.15, -0.1) is 0 Å². The summed E-state index contributed by atoms with van der Waals surface area (Å²) < 4.78 is 5.34. The Bertz CT molecular complexity index is 720. The highest BCUT2D eigenvalue weighted by Crippen LogP contribution is 2.11. The van der Waals surface area contributed by atoms with Gasteiger partial charge in [0.05, 0.1) is 12.1 Å². The maximum absolute atomic E-state index is 12.2. The summed E-state index contributed by atoms with van der Waals surface area (Å²) in [6.45, 7) is 5.44. The van der Waals surface area contributed by atoms with E-state index in [2.05, 4.69) is 5.32 Å². The molecule has 4 heteroatoms. The van der Waals surface area contributed by atoms with E-state index in [1.165, 1.54) is 5.56 Å². The number of alkyl carbamates (subject to hydrolysis) is 1. The molecule has 144 valence electrons. The predicted molar refractivity (Wildman–Crippen MR) is 109 cm³/mol. The van der Waals surface area contributed by atoms with Crippen LogP contribution in [0, 0.1) is 0 Å². The van der Waals surface area contributed by atoms with Crippen LogP contribution in [0.5, 0.6) is 0 Å². The lowest BCUT2D eigenvalue weighted by molar-refractivity contribution is 0.0455. The Morgan fingerprint density at radius 3 is 2.15 bits per heavy atom. The molecule has 0 aliphatic rings. The number of aliphatic hydroxyl groups is 1. The van der Waals surface area contributed by atoms with Gasteiger partial charge in [-0.2, -0.15) is 0 Å². The molecule has 0 radical (unpaired) electrons. The number of benzene rings is 2. The number of aliphatic hydroxyl groups excluding tert-OH is 1. The molecule has 27 heavy (non-hydrogen) atoms. The molecule has 0 heterocycles. The molecular formula is C23H29NO3. The van der Waals surface area contributed by atoms with Gasteiger partial charge in [-0.3, -0.25) is 0 Å². The van der Waals surface area contributed by atoms with Gasteiger partial charge in [-0.1, -0.05) is 72.8 Å². The minimum atomic E-state index is -0.818. The largest absolute Gasteiger partial charge is 0.444 e. The maximum atomic E-state index is 12.2. The van der Waals surface area contributed by atoms with Gasteiger partial charge in [-0.25, -0.2) is 4.79 Å². The van der Waals surface area contributed by atoms with Gasteiger partial charge in [0.1, 0.15) is 5.60 Å². The number of allylic oxidation sites excluding steroid dienone is 1. The van der Waals surface area contributed by atoms with E-state index >= 15 is 0 Å². The first-order valence-electron chi connectivity index (χ1n) is 9.25. The predicted octanol–water partition coefficient (Wildman–Crippen LogP) is 4.28. The lowest BCUT2D eigenvalue weighted by Gasteiger charge is -2.25. The highest BCUT2D eigenvalue weighted by atomic mass is 16.6. The van der Waals surface area contributed by atoms with Crippen LogP contribution in [0.15, 0.2) is 72.8 Å². The van der Waals surface area contributed by atoms with Crippen LogP contribution < -0.4 is 5.32 Å². The average Bonchev–Trinajstić information content (AvgIpc) is 2.61. The van der Waals surface area contributed by atoms with Gasteiger partial charge in [0.25, 0.3) is 0 Å². The molecular weight excluding hydrogens is 338 g/mol. The van der Waals surface area contributed by atoms with Crippen molar-refractivity contribution in [2.75, 3.05) is 0 Å². The number of carbonyl (C=O) groups is 1. The highest BCUT2D eigenvalue weighted by Gasteiger charge is 2.23. The molecule has 2 aromatic rings. The minimum Gasteiger partial charge on any atom is -0.444 e. The Labute approximate surface area is 161 Å². The third-order valence-corrected chi connectivity index (χ3v) is 3.94. The number of ether oxygens (including phenoxy) is 1. The summed E-state index contributed by atoms with van der Waals surface area (Å²) in [4.78, 5) is 12.2. The van der Waals surface area contributed by atoms with E-state index in [9.17, 15) is 9.90 Å². The summed E-state index contributed by atoms with van der Waals surface area (Å²) in [7, 11) is 0. The van der Waals surface area contributed by atoms with E-state index in [1.54, 1.807) is 6.08 Å². The van der Waals surface area contributed by atoms with E-state index in [1.807, 2.05) is 87.5 Å². The molecule has 2 atom stereocenters. The van der Waals surface area contributed by atoms with E-state index < -0.39 is 23.8 Å². The van der Waals surface area contributed by atoms with E-state index in [-0.39, 0.29) is 0 Å². The topological polar surface area (TPSA) is 58.6 Å². The van der Waals surface area contributed by atoms with Crippen molar-refractivity contribution >= 4 is 6.09 Å². The van der Waals surface area contributed by atoms with Crippen LogP contribution in [0.4, 0.5) is 4.79 Å². The lowest BCUT2D eigenvalue weighted by Crippen LogP contribution is -2.46. The van der Waals surface area contributed by atoms with Crippen LogP contribution in [0.3, 0.4) is 0 Å². The number of nitrogens with one attached hydrogen (secondary N) is 1. The maximum Gasteiger partial charge on any atom is 0.407 e. The van der Waals surface area contributed by atoms with Crippen molar-refractivity contribution in [3.63, 3.8) is 0 Å². The molecule has 0 unspecified atom stereocenters. The third-order valence-electron chi connectivity index (χ3n) is 3.94. The van der Waals surface area contributed by atoms with Crippen LogP contribution in [-0.2, 0) is 17.6 Å². The second-order valence-corrected chi connectivity index (χ2v) is 7.55.